The summed E-state index contributed by atoms with van der Waals surface area (Å²) in [5.41, 5.74) is 0.819. The van der Waals surface area contributed by atoms with Gasteiger partial charge in [-0.3, -0.25) is 0 Å². The van der Waals surface area contributed by atoms with Gasteiger partial charge in [0.05, 0.1) is 23.3 Å². The molecule has 0 unspecified atom stereocenters. The molecule has 1 aromatic rings. The Hall–Kier alpha value is -0.346. The minimum Gasteiger partial charge on any atom is -0.467 e. The highest BCUT2D eigenvalue weighted by Crippen LogP contribution is 2.67. The van der Waals surface area contributed by atoms with Crippen LogP contribution < -0.4 is 0 Å². The predicted octanol–water partition coefficient (Wildman–Crippen LogP) is 5.83. The first-order valence-corrected chi connectivity index (χ1v) is 21.9. The SMILES string of the molecule is COC(=O)[C@H](OP1(=S)N(C[Si](C)(C)C)[C@@H]2CCCC[C@H]2N1C[Si](C)(C)C)c1ccccc1. The Bertz CT molecular complexity index is 808. The van der Waals surface area contributed by atoms with Gasteiger partial charge in [0.2, 0.25) is 6.57 Å². The molecule has 0 amide bonds. The maximum absolute atomic E-state index is 12.9. The van der Waals surface area contributed by atoms with Gasteiger partial charge in [-0.05, 0) is 30.2 Å². The van der Waals surface area contributed by atoms with Crippen molar-refractivity contribution in [2.75, 3.05) is 19.4 Å². The molecule has 1 heterocycles. The summed E-state index contributed by atoms with van der Waals surface area (Å²) in [6.07, 6.45) is 6.07. The number of carbonyl (C=O) groups is 1. The second kappa shape index (κ2) is 10.1. The molecule has 0 spiro atoms. The van der Waals surface area contributed by atoms with Crippen molar-refractivity contribution in [1.82, 2.24) is 9.34 Å². The fraction of sp³-hybridized carbons (Fsp3) is 0.696. The highest BCUT2D eigenvalue weighted by atomic mass is 32.5. The van der Waals surface area contributed by atoms with E-state index >= 15 is 0 Å². The molecule has 1 aliphatic carbocycles. The zero-order valence-corrected chi connectivity index (χ0v) is 24.5. The summed E-state index contributed by atoms with van der Waals surface area (Å²) < 4.78 is 17.2. The monoisotopic (exact) mass is 512 g/mol. The van der Waals surface area contributed by atoms with Gasteiger partial charge in [-0.2, -0.15) is 0 Å². The van der Waals surface area contributed by atoms with Crippen molar-refractivity contribution >= 4 is 40.5 Å². The fourth-order valence-corrected chi connectivity index (χ4v) is 15.6. The molecule has 5 nitrogen and oxygen atoms in total. The zero-order chi connectivity index (χ0) is 23.7. The van der Waals surface area contributed by atoms with E-state index in [4.69, 9.17) is 21.1 Å². The quantitative estimate of drug-likeness (QED) is 0.248. The summed E-state index contributed by atoms with van der Waals surface area (Å²) in [5, 5.41) is 0. The third-order valence-corrected chi connectivity index (χ3v) is 13.4. The molecule has 0 aromatic heterocycles. The first kappa shape index (κ1) is 26.3. The van der Waals surface area contributed by atoms with Crippen molar-refractivity contribution in [1.29, 1.82) is 0 Å². The van der Waals surface area contributed by atoms with Crippen LogP contribution in [-0.4, -0.2) is 63.0 Å². The largest absolute Gasteiger partial charge is 0.467 e. The molecule has 0 radical (unpaired) electrons. The first-order valence-electron chi connectivity index (χ1n) is 11.8. The maximum Gasteiger partial charge on any atom is 0.340 e. The molecule has 1 saturated carbocycles. The van der Waals surface area contributed by atoms with Gasteiger partial charge in [0, 0.05) is 24.4 Å². The van der Waals surface area contributed by atoms with Crippen LogP contribution in [0.4, 0.5) is 0 Å². The first-order chi connectivity index (χ1) is 14.9. The highest BCUT2D eigenvalue weighted by molar-refractivity contribution is 8.10. The summed E-state index contributed by atoms with van der Waals surface area (Å²) in [6.45, 7) is 11.8. The molecule has 1 aliphatic heterocycles. The van der Waals surface area contributed by atoms with Crippen LogP contribution in [-0.2, 0) is 25.9 Å². The van der Waals surface area contributed by atoms with Crippen LogP contribution in [0.25, 0.3) is 0 Å². The Morgan fingerprint density at radius 1 is 1.00 bits per heavy atom. The molecule has 1 aromatic carbocycles. The van der Waals surface area contributed by atoms with Crippen LogP contribution in [0.5, 0.6) is 0 Å². The zero-order valence-electron chi connectivity index (χ0n) is 20.8. The highest BCUT2D eigenvalue weighted by Gasteiger charge is 2.55. The molecular formula is C23H41N2O3PSSi2. The van der Waals surface area contributed by atoms with Crippen molar-refractivity contribution in [3.63, 3.8) is 0 Å². The Balaban J connectivity index is 2.09. The minimum atomic E-state index is -2.61. The minimum absolute atomic E-state index is 0.365. The Morgan fingerprint density at radius 2 is 1.47 bits per heavy atom. The molecule has 3 rings (SSSR count). The topological polar surface area (TPSA) is 42.0 Å². The number of ether oxygens (including phenoxy) is 1. The molecule has 180 valence electrons. The van der Waals surface area contributed by atoms with E-state index in [1.165, 1.54) is 32.8 Å². The van der Waals surface area contributed by atoms with E-state index in [9.17, 15) is 4.79 Å². The summed E-state index contributed by atoms with van der Waals surface area (Å²) in [6, 6.07) is 10.6. The molecule has 32 heavy (non-hydrogen) atoms. The van der Waals surface area contributed by atoms with Crippen molar-refractivity contribution in [2.24, 2.45) is 0 Å². The van der Waals surface area contributed by atoms with Gasteiger partial charge in [0.1, 0.15) is 0 Å². The Kier molecular flexibility index (Phi) is 8.29. The molecule has 0 bridgehead atoms. The van der Waals surface area contributed by atoms with E-state index in [0.29, 0.717) is 12.1 Å². The van der Waals surface area contributed by atoms with Gasteiger partial charge in [0.25, 0.3) is 0 Å². The van der Waals surface area contributed by atoms with Gasteiger partial charge in [-0.15, -0.1) is 0 Å². The maximum atomic E-state index is 12.9. The number of fused-ring (bicyclic) bond motifs is 1. The smallest absolute Gasteiger partial charge is 0.340 e. The lowest BCUT2D eigenvalue weighted by atomic mass is 9.90. The number of esters is 1. The molecule has 0 N–H and O–H groups in total. The predicted molar refractivity (Wildman–Crippen MR) is 143 cm³/mol. The van der Waals surface area contributed by atoms with Crippen LogP contribution in [0, 0.1) is 0 Å². The van der Waals surface area contributed by atoms with Crippen molar-refractivity contribution in [2.45, 2.75) is 83.2 Å². The van der Waals surface area contributed by atoms with Gasteiger partial charge in [0.15, 0.2) is 6.10 Å². The van der Waals surface area contributed by atoms with E-state index in [1.807, 2.05) is 30.3 Å². The lowest BCUT2D eigenvalue weighted by molar-refractivity contribution is -0.149. The third kappa shape index (κ3) is 6.01. The summed E-state index contributed by atoms with van der Waals surface area (Å²) in [4.78, 5) is 12.9. The van der Waals surface area contributed by atoms with E-state index in [1.54, 1.807) is 0 Å². The molecule has 2 fully saturated rings. The second-order valence-electron chi connectivity index (χ2n) is 11.6. The number of carbonyl (C=O) groups excluding carboxylic acids is 1. The van der Waals surface area contributed by atoms with Gasteiger partial charge in [-0.1, -0.05) is 82.5 Å². The lowest BCUT2D eigenvalue weighted by Gasteiger charge is -2.40. The lowest BCUT2D eigenvalue weighted by Crippen LogP contribution is -2.46. The second-order valence-corrected chi connectivity index (χ2v) is 26.2. The van der Waals surface area contributed by atoms with Gasteiger partial charge >= 0.3 is 5.97 Å². The number of rotatable bonds is 8. The van der Waals surface area contributed by atoms with E-state index in [-0.39, 0.29) is 5.97 Å². The van der Waals surface area contributed by atoms with E-state index in [2.05, 4.69) is 48.6 Å². The van der Waals surface area contributed by atoms with E-state index in [0.717, 1.165) is 17.9 Å². The summed E-state index contributed by atoms with van der Waals surface area (Å²) >= 11 is 6.58. The van der Waals surface area contributed by atoms with Crippen LogP contribution in [0.1, 0.15) is 37.4 Å². The average Bonchev–Trinajstić information content (AvgIpc) is 2.93. The van der Waals surface area contributed by atoms with Crippen molar-refractivity contribution < 1.29 is 14.1 Å². The van der Waals surface area contributed by atoms with Gasteiger partial charge in [-0.25, -0.2) is 14.1 Å². The molecule has 1 saturated heterocycles. The van der Waals surface area contributed by atoms with Crippen LogP contribution in [0.15, 0.2) is 30.3 Å². The van der Waals surface area contributed by atoms with Crippen molar-refractivity contribution in [3.05, 3.63) is 35.9 Å². The van der Waals surface area contributed by atoms with Gasteiger partial charge < -0.3 is 9.26 Å². The van der Waals surface area contributed by atoms with E-state index < -0.39 is 28.8 Å². The summed E-state index contributed by atoms with van der Waals surface area (Å²) in [7, 11) is -1.50. The number of hydrogen-bond donors (Lipinski definition) is 0. The third-order valence-electron chi connectivity index (χ3n) is 6.14. The number of nitrogens with zero attached hydrogens (tertiary/aromatic N) is 2. The Morgan fingerprint density at radius 3 is 1.88 bits per heavy atom. The number of methoxy groups -OCH3 is 1. The van der Waals surface area contributed by atoms with Crippen molar-refractivity contribution in [3.8, 4) is 0 Å². The molecular weight excluding hydrogens is 471 g/mol. The molecule has 2 aliphatic rings. The fourth-order valence-electron chi connectivity index (χ4n) is 4.93. The number of benzene rings is 1. The average molecular weight is 513 g/mol. The molecule has 3 atom stereocenters. The normalized spacial score (nSPS) is 25.3. The molecule has 9 heteroatoms. The number of hydrogen-bond acceptors (Lipinski definition) is 4. The standard InChI is InChI=1S/C23H41N2O3PSSi2/c1-27-23(26)22(19-13-9-8-10-14-19)28-29(30)24(17-31(2,3)4)20-15-11-12-16-21(20)25(29)18-32(5,6)7/h8-10,13-14,20-22H,11-12,15-18H2,1-7H3/t20-,21-,22-/m1/s1. The summed E-state index contributed by atoms with van der Waals surface area (Å²) in [5.74, 6) is -0.365. The van der Waals surface area contributed by atoms with Crippen LogP contribution in [0.2, 0.25) is 39.3 Å². The van der Waals surface area contributed by atoms with Crippen LogP contribution >= 0.6 is 6.57 Å². The Labute approximate surface area is 202 Å². The van der Waals surface area contributed by atoms with Crippen LogP contribution in [0.3, 0.4) is 0 Å².